The van der Waals surface area contributed by atoms with Crippen LogP contribution in [0.4, 0.5) is 4.39 Å². The summed E-state index contributed by atoms with van der Waals surface area (Å²) in [6.07, 6.45) is 0.384. The molecule has 0 bridgehead atoms. The topological polar surface area (TPSA) is 103 Å². The number of carbonyl (C=O) groups is 1. The average molecular weight is 475 g/mol. The van der Waals surface area contributed by atoms with Crippen molar-refractivity contribution in [2.75, 3.05) is 11.5 Å². The zero-order valence-electron chi connectivity index (χ0n) is 19.0. The summed E-state index contributed by atoms with van der Waals surface area (Å²) >= 11 is 0. The Bertz CT molecular complexity index is 1320. The van der Waals surface area contributed by atoms with Crippen molar-refractivity contribution >= 4 is 26.8 Å². The lowest BCUT2D eigenvalue weighted by molar-refractivity contribution is 0.0860. The Labute approximate surface area is 192 Å². The number of rotatable bonds is 6. The second kappa shape index (κ2) is 8.40. The summed E-state index contributed by atoms with van der Waals surface area (Å²) in [6.45, 7) is 7.04. The van der Waals surface area contributed by atoms with Crippen molar-refractivity contribution in [1.82, 2.24) is 20.1 Å². The molecule has 3 heterocycles. The van der Waals surface area contributed by atoms with Crippen molar-refractivity contribution in [2.45, 2.75) is 51.9 Å². The number of ether oxygens (including phenoxy) is 1. The molecule has 0 radical (unpaired) electrons. The molecule has 1 saturated heterocycles. The number of carbonyl (C=O) groups excluding carboxylic acids is 1. The van der Waals surface area contributed by atoms with Crippen molar-refractivity contribution in [2.24, 2.45) is 0 Å². The zero-order chi connectivity index (χ0) is 24.0. The summed E-state index contributed by atoms with van der Waals surface area (Å²) in [6, 6.07) is 8.63. The maximum atomic E-state index is 13.3. The molecular formula is C23H27FN4O4S. The fourth-order valence-electron chi connectivity index (χ4n) is 4.09. The molecule has 1 aromatic carbocycles. The van der Waals surface area contributed by atoms with Gasteiger partial charge >= 0.3 is 0 Å². The van der Waals surface area contributed by atoms with Crippen LogP contribution in [0.25, 0.3) is 16.7 Å². The fraction of sp³-hybridized carbons (Fsp3) is 0.435. The van der Waals surface area contributed by atoms with Crippen molar-refractivity contribution in [3.05, 3.63) is 47.8 Å². The number of hydrogen-bond acceptors (Lipinski definition) is 6. The maximum absolute atomic E-state index is 13.3. The second-order valence-corrected chi connectivity index (χ2v) is 11.2. The number of alkyl halides is 1. The highest BCUT2D eigenvalue weighted by atomic mass is 32.2. The molecule has 1 aliphatic rings. The molecule has 1 fully saturated rings. The zero-order valence-corrected chi connectivity index (χ0v) is 19.8. The van der Waals surface area contributed by atoms with Gasteiger partial charge in [0.15, 0.2) is 15.5 Å². The van der Waals surface area contributed by atoms with Gasteiger partial charge < -0.3 is 10.1 Å². The highest BCUT2D eigenvalue weighted by molar-refractivity contribution is 7.91. The average Bonchev–Trinajstić information content (AvgIpc) is 3.24. The van der Waals surface area contributed by atoms with Crippen LogP contribution < -0.4 is 10.1 Å². The summed E-state index contributed by atoms with van der Waals surface area (Å²) < 4.78 is 43.8. The molecule has 2 aromatic heterocycles. The molecule has 4 rings (SSSR count). The molecule has 2 unspecified atom stereocenters. The lowest BCUT2D eigenvalue weighted by Gasteiger charge is -2.23. The van der Waals surface area contributed by atoms with E-state index in [1.54, 1.807) is 35.9 Å². The Balaban J connectivity index is 1.71. The van der Waals surface area contributed by atoms with Crippen LogP contribution >= 0.6 is 0 Å². The van der Waals surface area contributed by atoms with Gasteiger partial charge in [0.25, 0.3) is 5.91 Å². The van der Waals surface area contributed by atoms with Crippen LogP contribution in [0.2, 0.25) is 0 Å². The Morgan fingerprint density at radius 2 is 2.03 bits per heavy atom. The number of nitrogens with one attached hydrogen (secondary N) is 1. The van der Waals surface area contributed by atoms with Crippen LogP contribution in [0.15, 0.2) is 36.5 Å². The van der Waals surface area contributed by atoms with Crippen molar-refractivity contribution < 1.29 is 22.3 Å². The summed E-state index contributed by atoms with van der Waals surface area (Å²) in [7, 11) is -3.15. The minimum absolute atomic E-state index is 0.0525. The van der Waals surface area contributed by atoms with Crippen LogP contribution in [-0.2, 0) is 9.84 Å². The third-order valence-electron chi connectivity index (χ3n) is 5.64. The van der Waals surface area contributed by atoms with Crippen LogP contribution in [-0.4, -0.2) is 52.5 Å². The number of sulfone groups is 1. The number of nitrogens with zero attached hydrogens (tertiary/aromatic N) is 3. The Morgan fingerprint density at radius 3 is 2.67 bits per heavy atom. The summed E-state index contributed by atoms with van der Waals surface area (Å²) in [4.78, 5) is 17.4. The standard InChI is InChI=1S/C23H27FN4O4S/c1-14(2)20-19-10-16(22(29)26-23(4)8-9-33(30,31)13-23)12-25-21(19)28(27-20)17-6-5-7-18(11-17)32-15(3)24/h5-7,10-12,14-15H,8-9,13H2,1-4H3,(H,26,29). The molecule has 0 spiro atoms. The molecule has 1 N–H and O–H groups in total. The molecule has 1 amide bonds. The molecule has 176 valence electrons. The van der Waals surface area contributed by atoms with Gasteiger partial charge in [-0.3, -0.25) is 4.79 Å². The van der Waals surface area contributed by atoms with E-state index in [-0.39, 0.29) is 23.3 Å². The number of fused-ring (bicyclic) bond motifs is 1. The second-order valence-electron chi connectivity index (χ2n) is 9.06. The Kier molecular flexibility index (Phi) is 5.90. The first-order valence-corrected chi connectivity index (χ1v) is 12.6. The lowest BCUT2D eigenvalue weighted by Crippen LogP contribution is -2.46. The number of aromatic nitrogens is 3. The smallest absolute Gasteiger partial charge is 0.253 e. The van der Waals surface area contributed by atoms with Gasteiger partial charge in [0.1, 0.15) is 5.75 Å². The van der Waals surface area contributed by atoms with E-state index >= 15 is 0 Å². The summed E-state index contributed by atoms with van der Waals surface area (Å²) in [5.74, 6) is 0.0327. The highest BCUT2D eigenvalue weighted by Gasteiger charge is 2.39. The van der Waals surface area contributed by atoms with E-state index in [9.17, 15) is 17.6 Å². The molecule has 1 aliphatic heterocycles. The van der Waals surface area contributed by atoms with Crippen LogP contribution in [0.5, 0.6) is 5.75 Å². The number of pyridine rings is 1. The molecule has 0 saturated carbocycles. The first-order chi connectivity index (χ1) is 15.5. The van der Waals surface area contributed by atoms with Crippen LogP contribution in [0, 0.1) is 0 Å². The van der Waals surface area contributed by atoms with Crippen LogP contribution in [0.3, 0.4) is 0 Å². The van der Waals surface area contributed by atoms with Crippen molar-refractivity contribution in [3.63, 3.8) is 0 Å². The van der Waals surface area contributed by atoms with Gasteiger partial charge in [-0.2, -0.15) is 5.10 Å². The van der Waals surface area contributed by atoms with E-state index in [0.717, 1.165) is 5.69 Å². The van der Waals surface area contributed by atoms with E-state index in [2.05, 4.69) is 10.3 Å². The van der Waals surface area contributed by atoms with E-state index in [1.165, 1.54) is 13.1 Å². The first kappa shape index (κ1) is 23.2. The first-order valence-electron chi connectivity index (χ1n) is 10.8. The minimum Gasteiger partial charge on any atom is -0.461 e. The molecule has 8 nitrogen and oxygen atoms in total. The molecule has 33 heavy (non-hydrogen) atoms. The van der Waals surface area contributed by atoms with Gasteiger partial charge in [-0.1, -0.05) is 19.9 Å². The predicted molar refractivity (Wildman–Crippen MR) is 123 cm³/mol. The summed E-state index contributed by atoms with van der Waals surface area (Å²) in [5.41, 5.74) is 1.49. The number of halogens is 1. The van der Waals surface area contributed by atoms with Gasteiger partial charge in [-0.05, 0) is 37.5 Å². The number of hydrogen-bond donors (Lipinski definition) is 1. The quantitative estimate of drug-likeness (QED) is 0.586. The van der Waals surface area contributed by atoms with E-state index < -0.39 is 21.7 Å². The predicted octanol–water partition coefficient (Wildman–Crippen LogP) is 3.55. The van der Waals surface area contributed by atoms with Gasteiger partial charge in [-0.15, -0.1) is 0 Å². The molecular weight excluding hydrogens is 447 g/mol. The minimum atomic E-state index is -3.15. The monoisotopic (exact) mass is 474 g/mol. The normalized spacial score (nSPS) is 20.8. The molecule has 2 atom stereocenters. The molecule has 0 aliphatic carbocycles. The lowest BCUT2D eigenvalue weighted by atomic mass is 10.0. The van der Waals surface area contributed by atoms with Crippen LogP contribution in [0.1, 0.15) is 56.1 Å². The summed E-state index contributed by atoms with van der Waals surface area (Å²) in [5, 5.41) is 8.29. The third kappa shape index (κ3) is 4.85. The van der Waals surface area contributed by atoms with E-state index in [4.69, 9.17) is 9.84 Å². The van der Waals surface area contributed by atoms with E-state index in [0.29, 0.717) is 34.5 Å². The highest BCUT2D eigenvalue weighted by Crippen LogP contribution is 2.29. The maximum Gasteiger partial charge on any atom is 0.253 e. The van der Waals surface area contributed by atoms with Gasteiger partial charge in [0.05, 0.1) is 34.0 Å². The Hall–Kier alpha value is -3.01. The Morgan fingerprint density at radius 1 is 1.27 bits per heavy atom. The third-order valence-corrected chi connectivity index (χ3v) is 7.54. The van der Waals surface area contributed by atoms with Crippen molar-refractivity contribution in [3.8, 4) is 11.4 Å². The number of benzene rings is 1. The van der Waals surface area contributed by atoms with E-state index in [1.807, 2.05) is 19.9 Å². The molecule has 10 heteroatoms. The number of amides is 1. The van der Waals surface area contributed by atoms with Gasteiger partial charge in [0.2, 0.25) is 6.36 Å². The molecule has 3 aromatic rings. The SMILES string of the molecule is CC(F)Oc1cccc(-n2nc(C(C)C)c3cc(C(=O)NC4(C)CCS(=O)(=O)C4)cnc32)c1. The van der Waals surface area contributed by atoms with Gasteiger partial charge in [0, 0.05) is 24.6 Å². The van der Waals surface area contributed by atoms with Gasteiger partial charge in [-0.25, -0.2) is 22.5 Å². The largest absolute Gasteiger partial charge is 0.461 e. The fourth-order valence-corrected chi connectivity index (χ4v) is 6.18. The van der Waals surface area contributed by atoms with Crippen molar-refractivity contribution in [1.29, 1.82) is 0 Å².